The Morgan fingerprint density at radius 3 is 2.59 bits per heavy atom. The first-order valence-corrected chi connectivity index (χ1v) is 14.9. The second-order valence-corrected chi connectivity index (χ2v) is 11.8. The molecule has 0 radical (unpaired) electrons. The molecule has 1 fully saturated rings. The van der Waals surface area contributed by atoms with Crippen LogP contribution >= 0.6 is 0 Å². The van der Waals surface area contributed by atoms with Crippen molar-refractivity contribution < 1.29 is 42.4 Å². The van der Waals surface area contributed by atoms with Crippen LogP contribution in [0.4, 0.5) is 10.5 Å². The number of nitrogens with one attached hydrogen (secondary N) is 2. The molecule has 0 aromatic heterocycles. The minimum atomic E-state index is -3.81. The van der Waals surface area contributed by atoms with Gasteiger partial charge in [0.15, 0.2) is 5.78 Å². The Balaban J connectivity index is 1.63. The number of para-hydroxylation sites is 1. The van der Waals surface area contributed by atoms with Crippen LogP contribution in [-0.4, -0.2) is 85.0 Å². The number of urea groups is 1. The molecule has 13 nitrogen and oxygen atoms in total. The zero-order valence-corrected chi connectivity index (χ0v) is 23.6. The predicted octanol–water partition coefficient (Wildman–Crippen LogP) is 0.959. The zero-order valence-electron chi connectivity index (χ0n) is 22.8. The maximum Gasteiger partial charge on any atom is 0.526 e. The third-order valence-corrected chi connectivity index (χ3v) is 7.65. The van der Waals surface area contributed by atoms with Gasteiger partial charge in [-0.25, -0.2) is 13.2 Å². The monoisotopic (exact) mass is 586 g/mol. The Morgan fingerprint density at radius 2 is 1.90 bits per heavy atom. The fraction of sp³-hybridized carbons (Fsp3) is 0.385. The number of carbonyl (C=O) groups excluding carboxylic acids is 4. The van der Waals surface area contributed by atoms with E-state index >= 15 is 0 Å². The highest BCUT2D eigenvalue weighted by atomic mass is 32.2. The predicted molar refractivity (Wildman–Crippen MR) is 149 cm³/mol. The number of rotatable bonds is 8. The van der Waals surface area contributed by atoms with Crippen molar-refractivity contribution in [3.63, 3.8) is 0 Å². The summed E-state index contributed by atoms with van der Waals surface area (Å²) in [6.07, 6.45) is 0.935. The molecular formula is C26H31BN4O9S. The molecule has 1 saturated heterocycles. The lowest BCUT2D eigenvalue weighted by Crippen LogP contribution is -2.58. The van der Waals surface area contributed by atoms with Crippen LogP contribution in [-0.2, 0) is 30.8 Å². The summed E-state index contributed by atoms with van der Waals surface area (Å²) in [6, 6.07) is 6.73. The molecule has 2 heterocycles. The first-order chi connectivity index (χ1) is 19.3. The highest BCUT2D eigenvalue weighted by molar-refractivity contribution is 7.92. The van der Waals surface area contributed by atoms with E-state index < -0.39 is 58.4 Å². The van der Waals surface area contributed by atoms with Crippen LogP contribution in [0.2, 0.25) is 5.82 Å². The number of sulfonamides is 1. The highest BCUT2D eigenvalue weighted by Gasteiger charge is 2.40. The fourth-order valence-corrected chi connectivity index (χ4v) is 5.49. The number of phenolic OH excluding ortho intramolecular Hbond substituents is 1. The quantitative estimate of drug-likeness (QED) is 0.199. The van der Waals surface area contributed by atoms with Gasteiger partial charge in [-0.1, -0.05) is 24.3 Å². The smallest absolute Gasteiger partial charge is 0.526 e. The van der Waals surface area contributed by atoms with Crippen molar-refractivity contribution in [1.29, 1.82) is 0 Å². The minimum Gasteiger partial charge on any atom is -0.536 e. The number of nitrogens with zero attached hydrogens (tertiary/aromatic N) is 2. The number of fused-ring (bicyclic) bond motifs is 1. The van der Waals surface area contributed by atoms with E-state index in [9.17, 15) is 37.7 Å². The lowest BCUT2D eigenvalue weighted by molar-refractivity contribution is -0.153. The maximum absolute atomic E-state index is 13.7. The Hall–Kier alpha value is -4.11. The number of amides is 4. The van der Waals surface area contributed by atoms with Crippen molar-refractivity contribution in [2.75, 3.05) is 30.6 Å². The van der Waals surface area contributed by atoms with Crippen LogP contribution in [0, 0.1) is 6.92 Å². The molecule has 4 amide bonds. The van der Waals surface area contributed by atoms with Crippen molar-refractivity contribution in [3.05, 3.63) is 53.1 Å². The summed E-state index contributed by atoms with van der Waals surface area (Å²) in [7, 11) is -5.13. The van der Waals surface area contributed by atoms with Crippen molar-refractivity contribution in [3.8, 4) is 11.5 Å². The Bertz CT molecular complexity index is 1500. The van der Waals surface area contributed by atoms with Crippen LogP contribution in [0.1, 0.15) is 36.1 Å². The van der Waals surface area contributed by atoms with E-state index in [2.05, 4.69) is 10.0 Å². The Morgan fingerprint density at radius 1 is 1.17 bits per heavy atom. The summed E-state index contributed by atoms with van der Waals surface area (Å²) in [5.74, 6) is -3.04. The second-order valence-electron chi connectivity index (χ2n) is 10.1. The summed E-state index contributed by atoms with van der Waals surface area (Å²) in [6.45, 7) is 3.86. The van der Waals surface area contributed by atoms with E-state index in [-0.39, 0.29) is 30.8 Å². The molecule has 0 aliphatic carbocycles. The molecule has 1 unspecified atom stereocenters. The Labute approximate surface area is 237 Å². The van der Waals surface area contributed by atoms with Crippen molar-refractivity contribution in [1.82, 2.24) is 15.1 Å². The normalized spacial score (nSPS) is 18.0. The van der Waals surface area contributed by atoms with E-state index in [0.717, 1.165) is 23.4 Å². The molecule has 15 heteroatoms. The zero-order chi connectivity index (χ0) is 30.1. The van der Waals surface area contributed by atoms with Gasteiger partial charge in [0.1, 0.15) is 17.5 Å². The van der Waals surface area contributed by atoms with Gasteiger partial charge in [0.2, 0.25) is 10.0 Å². The van der Waals surface area contributed by atoms with Gasteiger partial charge in [-0.15, -0.1) is 0 Å². The Kier molecular flexibility index (Phi) is 8.59. The lowest BCUT2D eigenvalue weighted by atomic mass is 9.64. The molecule has 0 spiro atoms. The number of carbonyl (C=O) groups is 4. The summed E-state index contributed by atoms with van der Waals surface area (Å²) < 4.78 is 31.5. The number of benzene rings is 2. The van der Waals surface area contributed by atoms with Gasteiger partial charge in [-0.3, -0.25) is 24.0 Å². The fourth-order valence-electron chi connectivity index (χ4n) is 4.93. The molecule has 0 saturated carbocycles. The first kappa shape index (κ1) is 29.9. The number of aryl methyl sites for hydroxylation is 1. The molecular weight excluding hydrogens is 555 g/mol. The number of anilines is 1. The van der Waals surface area contributed by atoms with E-state index in [1.807, 2.05) is 25.1 Å². The standard InChI is InChI=1S/C26H31BN4O9S/c1-4-30-10-11-31(25(35)24(30)34)26(36)28-22(16-8-9-20(32)19(13-16)29-41(3,38)39)21(33)14-18-12-17-7-5-6-15(2)23(17)40-27(18)37/h5-9,13,18,22,29,32,37H,4,10-12,14H2,1-3H3,(H,28,36)/t18-,22?/m1/s1. The number of Topliss-reactive ketones (excluding diaryl/α,β-unsaturated/α-hetero) is 1. The first-order valence-electron chi connectivity index (χ1n) is 13.0. The number of piperazine rings is 1. The molecule has 0 bridgehead atoms. The molecule has 2 aromatic rings. The van der Waals surface area contributed by atoms with Gasteiger partial charge in [0.25, 0.3) is 0 Å². The number of ketones is 1. The summed E-state index contributed by atoms with van der Waals surface area (Å²) in [5.41, 5.74) is 1.50. The molecule has 4 rings (SSSR count). The summed E-state index contributed by atoms with van der Waals surface area (Å²) in [5, 5.41) is 23.4. The molecule has 2 aliphatic rings. The molecule has 2 atom stereocenters. The van der Waals surface area contributed by atoms with Crippen molar-refractivity contribution in [2.45, 2.75) is 38.5 Å². The van der Waals surface area contributed by atoms with Gasteiger partial charge < -0.3 is 25.0 Å². The highest BCUT2D eigenvalue weighted by Crippen LogP contribution is 2.37. The number of phenols is 1. The van der Waals surface area contributed by atoms with Gasteiger partial charge in [-0.2, -0.15) is 0 Å². The van der Waals surface area contributed by atoms with E-state index in [4.69, 9.17) is 4.65 Å². The molecule has 4 N–H and O–H groups in total. The van der Waals surface area contributed by atoms with Crippen LogP contribution in [0.15, 0.2) is 36.4 Å². The number of likely N-dealkylation sites (N-methyl/N-ethyl adjacent to an activating group) is 1. The van der Waals surface area contributed by atoms with Gasteiger partial charge >= 0.3 is 25.0 Å². The topological polar surface area (TPSA) is 183 Å². The minimum absolute atomic E-state index is 0.0903. The molecule has 218 valence electrons. The van der Waals surface area contributed by atoms with Crippen LogP contribution < -0.4 is 14.7 Å². The lowest BCUT2D eigenvalue weighted by Gasteiger charge is -2.33. The largest absolute Gasteiger partial charge is 0.536 e. The SMILES string of the molecule is CCN1CCN(C(=O)NC(C(=O)C[C@H]2Cc3cccc(C)c3OB2O)c2ccc(O)c(NS(C)(=O)=O)c2)C(=O)C1=O. The number of aromatic hydroxyl groups is 1. The molecule has 2 aliphatic heterocycles. The van der Waals surface area contributed by atoms with Crippen LogP contribution in [0.5, 0.6) is 11.5 Å². The van der Waals surface area contributed by atoms with Crippen molar-refractivity contribution in [2.24, 2.45) is 0 Å². The molecule has 41 heavy (non-hydrogen) atoms. The van der Waals surface area contributed by atoms with E-state index in [1.165, 1.54) is 17.0 Å². The number of hydrogen-bond donors (Lipinski definition) is 4. The third-order valence-electron chi connectivity index (χ3n) is 7.06. The van der Waals surface area contributed by atoms with Crippen molar-refractivity contribution >= 4 is 46.5 Å². The van der Waals surface area contributed by atoms with Crippen LogP contribution in [0.25, 0.3) is 0 Å². The summed E-state index contributed by atoms with van der Waals surface area (Å²) >= 11 is 0. The van der Waals surface area contributed by atoms with Crippen LogP contribution in [0.3, 0.4) is 0 Å². The average molecular weight is 586 g/mol. The summed E-state index contributed by atoms with van der Waals surface area (Å²) in [4.78, 5) is 53.9. The third kappa shape index (κ3) is 6.63. The maximum atomic E-state index is 13.7. The van der Waals surface area contributed by atoms with Gasteiger partial charge in [0.05, 0.1) is 11.9 Å². The number of hydrogen-bond acceptors (Lipinski definition) is 9. The number of imide groups is 1. The van der Waals surface area contributed by atoms with Gasteiger partial charge in [0, 0.05) is 31.9 Å². The molecule has 2 aromatic carbocycles. The average Bonchev–Trinajstić information content (AvgIpc) is 2.90. The van der Waals surface area contributed by atoms with Gasteiger partial charge in [-0.05, 0) is 49.1 Å². The second kappa shape index (κ2) is 11.8. The van der Waals surface area contributed by atoms with E-state index in [1.54, 1.807) is 6.92 Å². The van der Waals surface area contributed by atoms with E-state index in [0.29, 0.717) is 23.6 Å².